The third-order valence-corrected chi connectivity index (χ3v) is 5.13. The van der Waals surface area contributed by atoms with E-state index >= 15 is 0 Å². The summed E-state index contributed by atoms with van der Waals surface area (Å²) in [6.07, 6.45) is 0. The highest BCUT2D eigenvalue weighted by molar-refractivity contribution is 14.1. The Morgan fingerprint density at radius 1 is 1.17 bits per heavy atom. The summed E-state index contributed by atoms with van der Waals surface area (Å²) in [6.45, 7) is 0.00526. The first-order valence-corrected chi connectivity index (χ1v) is 8.48. The van der Waals surface area contributed by atoms with Crippen LogP contribution < -0.4 is 5.32 Å². The Morgan fingerprint density at radius 3 is 2.43 bits per heavy atom. The maximum Gasteiger partial charge on any atom is 0.255 e. The van der Waals surface area contributed by atoms with E-state index in [4.69, 9.17) is 5.11 Å². The van der Waals surface area contributed by atoms with Crippen LogP contribution >= 0.6 is 34.4 Å². The molecule has 0 aliphatic carbocycles. The van der Waals surface area contributed by atoms with E-state index in [1.54, 1.807) is 18.2 Å². The highest BCUT2D eigenvalue weighted by atomic mass is 127. The van der Waals surface area contributed by atoms with E-state index in [1.165, 1.54) is 11.8 Å². The van der Waals surface area contributed by atoms with Crippen LogP contribution in [0.1, 0.15) is 10.4 Å². The van der Waals surface area contributed by atoms with Crippen LogP contribution in [-0.4, -0.2) is 23.4 Å². The number of carbonyl (C=O) groups is 1. The number of carbonyl (C=O) groups excluding carboxylic acids is 1. The van der Waals surface area contributed by atoms with Crippen molar-refractivity contribution in [2.75, 3.05) is 17.7 Å². The van der Waals surface area contributed by atoms with E-state index in [1.807, 2.05) is 0 Å². The number of benzene rings is 2. The van der Waals surface area contributed by atoms with Gasteiger partial charge in [0.05, 0.1) is 6.61 Å². The molecule has 0 unspecified atom stereocenters. The Kier molecular flexibility index (Phi) is 6.31. The number of hydrogen-bond acceptors (Lipinski definition) is 3. The Hall–Kier alpha value is -1.26. The van der Waals surface area contributed by atoms with Crippen LogP contribution in [0.25, 0.3) is 0 Å². The second-order valence-electron chi connectivity index (χ2n) is 4.43. The van der Waals surface area contributed by atoms with Crippen molar-refractivity contribution in [2.24, 2.45) is 0 Å². The molecule has 122 valence electrons. The number of thioether (sulfide) groups is 1. The van der Waals surface area contributed by atoms with E-state index < -0.39 is 23.4 Å². The first-order chi connectivity index (χ1) is 10.9. The molecule has 0 aliphatic heterocycles. The summed E-state index contributed by atoms with van der Waals surface area (Å²) in [5, 5.41) is 11.2. The fraction of sp³-hybridized carbons (Fsp3) is 0.133. The van der Waals surface area contributed by atoms with Crippen LogP contribution in [0.4, 0.5) is 18.9 Å². The summed E-state index contributed by atoms with van der Waals surface area (Å²) < 4.78 is 40.1. The number of rotatable bonds is 5. The van der Waals surface area contributed by atoms with E-state index in [0.717, 1.165) is 8.47 Å². The smallest absolute Gasteiger partial charge is 0.255 e. The number of hydrogen-bond donors (Lipinski definition) is 2. The SMILES string of the molecule is O=C(Nc1cc(F)c(F)c(F)c1)c1ccc(I)c(SCCO)c1. The molecule has 23 heavy (non-hydrogen) atoms. The Morgan fingerprint density at radius 2 is 1.83 bits per heavy atom. The molecule has 2 N–H and O–H groups in total. The summed E-state index contributed by atoms with van der Waals surface area (Å²) in [6, 6.07) is 6.33. The fourth-order valence-electron chi connectivity index (χ4n) is 1.74. The lowest BCUT2D eigenvalue weighted by atomic mass is 10.2. The van der Waals surface area contributed by atoms with Crippen molar-refractivity contribution in [3.8, 4) is 0 Å². The molecule has 0 aliphatic rings. The van der Waals surface area contributed by atoms with Crippen molar-refractivity contribution in [1.82, 2.24) is 0 Å². The molecular weight excluding hydrogens is 442 g/mol. The van der Waals surface area contributed by atoms with E-state index in [-0.39, 0.29) is 17.9 Å². The molecule has 0 fully saturated rings. The summed E-state index contributed by atoms with van der Waals surface area (Å²) in [5.74, 6) is -4.42. The molecule has 0 atom stereocenters. The molecule has 0 saturated carbocycles. The predicted octanol–water partition coefficient (Wildman–Crippen LogP) is 4.05. The Bertz CT molecular complexity index is 720. The van der Waals surface area contributed by atoms with E-state index in [0.29, 0.717) is 17.9 Å². The number of aliphatic hydroxyl groups excluding tert-OH is 1. The molecule has 0 saturated heterocycles. The minimum Gasteiger partial charge on any atom is -0.396 e. The lowest BCUT2D eigenvalue weighted by Crippen LogP contribution is -2.13. The molecule has 2 aromatic carbocycles. The zero-order chi connectivity index (χ0) is 17.0. The summed E-state index contributed by atoms with van der Waals surface area (Å²) in [4.78, 5) is 13.0. The molecular formula is C15H11F3INO2S. The lowest BCUT2D eigenvalue weighted by molar-refractivity contribution is 0.102. The Labute approximate surface area is 148 Å². The molecule has 0 bridgehead atoms. The van der Waals surface area contributed by atoms with Crippen molar-refractivity contribution in [3.05, 3.63) is 56.9 Å². The van der Waals surface area contributed by atoms with Gasteiger partial charge in [0.2, 0.25) is 0 Å². The van der Waals surface area contributed by atoms with Crippen molar-refractivity contribution < 1.29 is 23.1 Å². The second-order valence-corrected chi connectivity index (χ2v) is 6.72. The molecule has 8 heteroatoms. The van der Waals surface area contributed by atoms with Gasteiger partial charge in [0.25, 0.3) is 5.91 Å². The number of nitrogens with one attached hydrogen (secondary N) is 1. The van der Waals surface area contributed by atoms with Crippen molar-refractivity contribution in [3.63, 3.8) is 0 Å². The van der Waals surface area contributed by atoms with Gasteiger partial charge in [-0.25, -0.2) is 13.2 Å². The van der Waals surface area contributed by atoms with Crippen LogP contribution in [0.15, 0.2) is 35.2 Å². The van der Waals surface area contributed by atoms with E-state index in [9.17, 15) is 18.0 Å². The average molecular weight is 453 g/mol. The quantitative estimate of drug-likeness (QED) is 0.408. The van der Waals surface area contributed by atoms with Gasteiger partial charge in [-0.15, -0.1) is 11.8 Å². The number of halogens is 4. The monoisotopic (exact) mass is 453 g/mol. The molecule has 3 nitrogen and oxygen atoms in total. The van der Waals surface area contributed by atoms with Crippen LogP contribution in [0, 0.1) is 21.0 Å². The maximum atomic E-state index is 13.2. The number of anilines is 1. The van der Waals surface area contributed by atoms with Crippen LogP contribution in [0.2, 0.25) is 0 Å². The summed E-state index contributed by atoms with van der Waals surface area (Å²) in [7, 11) is 0. The molecule has 2 aromatic rings. The zero-order valence-electron chi connectivity index (χ0n) is 11.6. The van der Waals surface area contributed by atoms with Crippen molar-refractivity contribution in [1.29, 1.82) is 0 Å². The van der Waals surface area contributed by atoms with Crippen LogP contribution in [0.3, 0.4) is 0 Å². The molecule has 0 radical (unpaired) electrons. The van der Waals surface area contributed by atoms with Gasteiger partial charge in [-0.3, -0.25) is 4.79 Å². The standard InChI is InChI=1S/C15H11F3INO2S/c16-10-6-9(7-11(17)14(10)18)20-15(22)8-1-2-12(19)13(5-8)23-4-3-21/h1-2,5-7,21H,3-4H2,(H,20,22). The topological polar surface area (TPSA) is 49.3 Å². The van der Waals surface area contributed by atoms with Crippen molar-refractivity contribution in [2.45, 2.75) is 4.90 Å². The highest BCUT2D eigenvalue weighted by Crippen LogP contribution is 2.26. The molecule has 1 amide bonds. The van der Waals surface area contributed by atoms with Gasteiger partial charge in [-0.2, -0.15) is 0 Å². The molecule has 2 rings (SSSR count). The van der Waals surface area contributed by atoms with Crippen molar-refractivity contribution >= 4 is 45.9 Å². The van der Waals surface area contributed by atoms with Crippen LogP contribution in [0.5, 0.6) is 0 Å². The van der Waals surface area contributed by atoms with Crippen LogP contribution in [-0.2, 0) is 0 Å². The van der Waals surface area contributed by atoms with Gasteiger partial charge in [0.15, 0.2) is 17.5 Å². The number of aliphatic hydroxyl groups is 1. The van der Waals surface area contributed by atoms with Gasteiger partial charge < -0.3 is 10.4 Å². The average Bonchev–Trinajstić information content (AvgIpc) is 2.51. The third kappa shape index (κ3) is 4.61. The minimum atomic E-state index is -1.58. The maximum absolute atomic E-state index is 13.2. The summed E-state index contributed by atoms with van der Waals surface area (Å²) >= 11 is 3.49. The molecule has 0 heterocycles. The predicted molar refractivity (Wildman–Crippen MR) is 91.2 cm³/mol. The molecule has 0 aromatic heterocycles. The first-order valence-electron chi connectivity index (χ1n) is 6.41. The van der Waals surface area contributed by atoms with Gasteiger partial charge in [-0.1, -0.05) is 0 Å². The zero-order valence-corrected chi connectivity index (χ0v) is 14.6. The normalized spacial score (nSPS) is 10.7. The summed E-state index contributed by atoms with van der Waals surface area (Å²) in [5.41, 5.74) is 0.116. The highest BCUT2D eigenvalue weighted by Gasteiger charge is 2.14. The molecule has 0 spiro atoms. The number of amides is 1. The van der Waals surface area contributed by atoms with E-state index in [2.05, 4.69) is 27.9 Å². The fourth-order valence-corrected chi connectivity index (χ4v) is 3.27. The van der Waals surface area contributed by atoms with Gasteiger partial charge in [0.1, 0.15) is 0 Å². The minimum absolute atomic E-state index is 0.00526. The lowest BCUT2D eigenvalue weighted by Gasteiger charge is -2.09. The third-order valence-electron chi connectivity index (χ3n) is 2.78. The van der Waals surface area contributed by atoms with Gasteiger partial charge in [0, 0.05) is 37.6 Å². The van der Waals surface area contributed by atoms with Gasteiger partial charge in [-0.05, 0) is 40.8 Å². The second kappa shape index (κ2) is 8.02. The Balaban J connectivity index is 2.21. The largest absolute Gasteiger partial charge is 0.396 e. The first kappa shape index (κ1) is 18.1. The van der Waals surface area contributed by atoms with Gasteiger partial charge >= 0.3 is 0 Å².